The van der Waals surface area contributed by atoms with Crippen molar-refractivity contribution in [3.63, 3.8) is 0 Å². The van der Waals surface area contributed by atoms with Crippen molar-refractivity contribution in [1.29, 1.82) is 0 Å². The number of para-hydroxylation sites is 1. The Morgan fingerprint density at radius 2 is 1.72 bits per heavy atom. The summed E-state index contributed by atoms with van der Waals surface area (Å²) in [5, 5.41) is 2.80. The van der Waals surface area contributed by atoms with Crippen molar-refractivity contribution < 1.29 is 19.1 Å². The van der Waals surface area contributed by atoms with Gasteiger partial charge in [0.15, 0.2) is 0 Å². The van der Waals surface area contributed by atoms with Gasteiger partial charge in [-0.05, 0) is 50.1 Å². The van der Waals surface area contributed by atoms with Crippen LogP contribution in [0, 0.1) is 0 Å². The first kappa shape index (κ1) is 22.3. The molecule has 0 saturated heterocycles. The Morgan fingerprint density at radius 3 is 2.34 bits per heavy atom. The lowest BCUT2D eigenvalue weighted by atomic mass is 10.1. The predicted molar refractivity (Wildman–Crippen MR) is 113 cm³/mol. The average Bonchev–Trinajstić information content (AvgIpc) is 2.75. The number of hydrogen-bond acceptors (Lipinski definition) is 4. The van der Waals surface area contributed by atoms with Gasteiger partial charge >= 0.3 is 0 Å². The van der Waals surface area contributed by atoms with Crippen LogP contribution in [0.3, 0.4) is 0 Å². The number of ether oxygens (including phenoxy) is 2. The zero-order chi connectivity index (χ0) is 21.1. The minimum atomic E-state index is -0.556. The number of methoxy groups -OCH3 is 1. The molecule has 0 aliphatic heterocycles. The fourth-order valence-corrected chi connectivity index (χ4v) is 2.91. The number of likely N-dealkylation sites (N-methyl/N-ethyl adjacent to an activating group) is 1. The SMILES string of the molecule is CCNC(=O)C(C)N(Cc1ccc(OC)cc1)C(=O)CCCOc1ccccc1. The van der Waals surface area contributed by atoms with E-state index < -0.39 is 6.04 Å². The van der Waals surface area contributed by atoms with Crippen molar-refractivity contribution in [2.45, 2.75) is 39.3 Å². The maximum Gasteiger partial charge on any atom is 0.242 e. The van der Waals surface area contributed by atoms with Gasteiger partial charge in [0, 0.05) is 19.5 Å². The molecule has 0 spiro atoms. The Morgan fingerprint density at radius 1 is 1.03 bits per heavy atom. The van der Waals surface area contributed by atoms with Gasteiger partial charge in [-0.25, -0.2) is 0 Å². The molecule has 1 N–H and O–H groups in total. The standard InChI is InChI=1S/C23H30N2O4/c1-4-24-23(27)18(2)25(17-19-12-14-20(28-3)15-13-19)22(26)11-8-16-29-21-9-6-5-7-10-21/h5-7,9-10,12-15,18H,4,8,11,16-17H2,1-3H3,(H,24,27). The number of benzene rings is 2. The van der Waals surface area contributed by atoms with Gasteiger partial charge in [-0.1, -0.05) is 30.3 Å². The van der Waals surface area contributed by atoms with Gasteiger partial charge in [-0.2, -0.15) is 0 Å². The Bertz CT molecular complexity index is 762. The third kappa shape index (κ3) is 7.14. The summed E-state index contributed by atoms with van der Waals surface area (Å²) in [7, 11) is 1.61. The Hall–Kier alpha value is -3.02. The molecule has 2 rings (SSSR count). The first-order valence-corrected chi connectivity index (χ1v) is 9.93. The minimum Gasteiger partial charge on any atom is -0.497 e. The van der Waals surface area contributed by atoms with Crippen LogP contribution >= 0.6 is 0 Å². The zero-order valence-corrected chi connectivity index (χ0v) is 17.4. The Labute approximate surface area is 172 Å². The number of nitrogens with zero attached hydrogens (tertiary/aromatic N) is 1. The third-order valence-electron chi connectivity index (χ3n) is 4.58. The number of rotatable bonds is 11. The Kier molecular flexibility index (Phi) is 9.02. The van der Waals surface area contributed by atoms with Crippen LogP contribution in [0.2, 0.25) is 0 Å². The molecule has 1 unspecified atom stereocenters. The van der Waals surface area contributed by atoms with Gasteiger partial charge in [-0.15, -0.1) is 0 Å². The zero-order valence-electron chi connectivity index (χ0n) is 17.4. The molecular formula is C23H30N2O4. The highest BCUT2D eigenvalue weighted by molar-refractivity contribution is 5.87. The van der Waals surface area contributed by atoms with E-state index in [0.29, 0.717) is 32.5 Å². The predicted octanol–water partition coefficient (Wildman–Crippen LogP) is 3.41. The molecule has 0 radical (unpaired) electrons. The van der Waals surface area contributed by atoms with E-state index in [1.54, 1.807) is 18.9 Å². The van der Waals surface area contributed by atoms with Gasteiger partial charge in [0.25, 0.3) is 0 Å². The monoisotopic (exact) mass is 398 g/mol. The molecule has 2 aromatic rings. The lowest BCUT2D eigenvalue weighted by molar-refractivity contribution is -0.140. The smallest absolute Gasteiger partial charge is 0.242 e. The van der Waals surface area contributed by atoms with E-state index in [0.717, 1.165) is 17.1 Å². The summed E-state index contributed by atoms with van der Waals surface area (Å²) < 4.78 is 10.8. The third-order valence-corrected chi connectivity index (χ3v) is 4.58. The summed E-state index contributed by atoms with van der Waals surface area (Å²) in [5.74, 6) is 1.30. The van der Waals surface area contributed by atoms with Crippen molar-refractivity contribution in [3.05, 3.63) is 60.2 Å². The molecule has 0 saturated carbocycles. The number of hydrogen-bond donors (Lipinski definition) is 1. The normalized spacial score (nSPS) is 11.4. The van der Waals surface area contributed by atoms with Crippen molar-refractivity contribution in [1.82, 2.24) is 10.2 Å². The summed E-state index contributed by atoms with van der Waals surface area (Å²) in [6, 6.07) is 16.5. The molecule has 2 amide bonds. The van der Waals surface area contributed by atoms with Crippen molar-refractivity contribution in [2.75, 3.05) is 20.3 Å². The fraction of sp³-hybridized carbons (Fsp3) is 0.391. The van der Waals surface area contributed by atoms with E-state index in [2.05, 4.69) is 5.32 Å². The first-order chi connectivity index (χ1) is 14.0. The highest BCUT2D eigenvalue weighted by Crippen LogP contribution is 2.16. The second-order valence-electron chi connectivity index (χ2n) is 6.71. The van der Waals surface area contributed by atoms with Crippen LogP contribution in [0.4, 0.5) is 0 Å². The topological polar surface area (TPSA) is 67.9 Å². The van der Waals surface area contributed by atoms with E-state index in [4.69, 9.17) is 9.47 Å². The van der Waals surface area contributed by atoms with E-state index in [1.165, 1.54) is 0 Å². The van der Waals surface area contributed by atoms with Crippen LogP contribution in [0.5, 0.6) is 11.5 Å². The largest absolute Gasteiger partial charge is 0.497 e. The minimum absolute atomic E-state index is 0.0729. The van der Waals surface area contributed by atoms with Crippen molar-refractivity contribution in [3.8, 4) is 11.5 Å². The summed E-state index contributed by atoms with van der Waals surface area (Å²) >= 11 is 0. The number of carbonyl (C=O) groups is 2. The molecule has 0 heterocycles. The molecule has 0 aromatic heterocycles. The number of nitrogens with one attached hydrogen (secondary N) is 1. The van der Waals surface area contributed by atoms with E-state index in [-0.39, 0.29) is 11.8 Å². The van der Waals surface area contributed by atoms with Gasteiger partial charge in [0.2, 0.25) is 11.8 Å². The quantitative estimate of drug-likeness (QED) is 0.589. The maximum absolute atomic E-state index is 12.9. The molecule has 0 fully saturated rings. The van der Waals surface area contributed by atoms with Crippen molar-refractivity contribution in [2.24, 2.45) is 0 Å². The van der Waals surface area contributed by atoms with E-state index in [1.807, 2.05) is 61.5 Å². The van der Waals surface area contributed by atoms with E-state index in [9.17, 15) is 9.59 Å². The van der Waals surface area contributed by atoms with Gasteiger partial charge in [-0.3, -0.25) is 9.59 Å². The highest BCUT2D eigenvalue weighted by atomic mass is 16.5. The lowest BCUT2D eigenvalue weighted by Gasteiger charge is -2.29. The average molecular weight is 399 g/mol. The molecule has 0 aliphatic carbocycles. The summed E-state index contributed by atoms with van der Waals surface area (Å²) in [5.41, 5.74) is 0.941. The van der Waals surface area contributed by atoms with Crippen LogP contribution in [0.15, 0.2) is 54.6 Å². The van der Waals surface area contributed by atoms with Crippen LogP contribution < -0.4 is 14.8 Å². The molecule has 0 bridgehead atoms. The fourth-order valence-electron chi connectivity index (χ4n) is 2.91. The van der Waals surface area contributed by atoms with Gasteiger partial charge < -0.3 is 19.7 Å². The first-order valence-electron chi connectivity index (χ1n) is 9.93. The van der Waals surface area contributed by atoms with Crippen LogP contribution in [-0.4, -0.2) is 43.0 Å². The number of amides is 2. The van der Waals surface area contributed by atoms with Crippen LogP contribution in [0.25, 0.3) is 0 Å². The Balaban J connectivity index is 1.98. The maximum atomic E-state index is 12.9. The van der Waals surface area contributed by atoms with E-state index >= 15 is 0 Å². The molecule has 1 atom stereocenters. The summed E-state index contributed by atoms with van der Waals surface area (Å²) in [6.07, 6.45) is 0.891. The summed E-state index contributed by atoms with van der Waals surface area (Å²) in [6.45, 7) is 4.95. The molecule has 6 heteroatoms. The van der Waals surface area contributed by atoms with Crippen LogP contribution in [0.1, 0.15) is 32.3 Å². The van der Waals surface area contributed by atoms with Gasteiger partial charge in [0.05, 0.1) is 13.7 Å². The molecule has 6 nitrogen and oxygen atoms in total. The molecule has 156 valence electrons. The van der Waals surface area contributed by atoms with Crippen molar-refractivity contribution >= 4 is 11.8 Å². The van der Waals surface area contributed by atoms with Gasteiger partial charge in [0.1, 0.15) is 17.5 Å². The molecule has 29 heavy (non-hydrogen) atoms. The highest BCUT2D eigenvalue weighted by Gasteiger charge is 2.25. The van der Waals surface area contributed by atoms with Crippen LogP contribution in [-0.2, 0) is 16.1 Å². The second kappa shape index (κ2) is 11.7. The lowest BCUT2D eigenvalue weighted by Crippen LogP contribution is -2.47. The second-order valence-corrected chi connectivity index (χ2v) is 6.71. The number of carbonyl (C=O) groups excluding carboxylic acids is 2. The molecular weight excluding hydrogens is 368 g/mol. The summed E-state index contributed by atoms with van der Waals surface area (Å²) in [4.78, 5) is 26.9. The molecule has 0 aliphatic rings. The molecule has 2 aromatic carbocycles.